The molecule has 4 heteroatoms. The molecule has 0 aliphatic heterocycles. The van der Waals surface area contributed by atoms with Crippen LogP contribution in [0.4, 0.5) is 5.82 Å². The Morgan fingerprint density at radius 1 is 0.950 bits per heavy atom. The fourth-order valence-corrected chi connectivity index (χ4v) is 2.64. The summed E-state index contributed by atoms with van der Waals surface area (Å²) < 4.78 is 6.01. The molecule has 1 saturated carbocycles. The SMILES string of the molecule is Nc1nccnc1-c1ccc(OC2CCCCC2)cc1. The van der Waals surface area contributed by atoms with Gasteiger partial charge >= 0.3 is 0 Å². The first-order chi connectivity index (χ1) is 9.83. The van der Waals surface area contributed by atoms with E-state index >= 15 is 0 Å². The van der Waals surface area contributed by atoms with Crippen LogP contribution in [0, 0.1) is 0 Å². The monoisotopic (exact) mass is 269 g/mol. The Kier molecular flexibility index (Phi) is 3.81. The molecule has 2 aromatic rings. The number of ether oxygens (including phenoxy) is 1. The molecule has 1 heterocycles. The topological polar surface area (TPSA) is 61.0 Å². The first-order valence-electron chi connectivity index (χ1n) is 7.16. The number of hydrogen-bond donors (Lipinski definition) is 1. The maximum atomic E-state index is 6.01. The third kappa shape index (κ3) is 2.90. The summed E-state index contributed by atoms with van der Waals surface area (Å²) in [6, 6.07) is 7.94. The second-order valence-corrected chi connectivity index (χ2v) is 5.19. The standard InChI is InChI=1S/C16H19N3O/c17-16-15(18-10-11-19-16)12-6-8-14(9-7-12)20-13-4-2-1-3-5-13/h6-11,13H,1-5H2,(H2,17,19). The number of nitrogen functional groups attached to an aromatic ring is 1. The zero-order valence-electron chi connectivity index (χ0n) is 11.5. The highest BCUT2D eigenvalue weighted by Gasteiger charge is 2.14. The molecule has 20 heavy (non-hydrogen) atoms. The molecular formula is C16H19N3O. The molecule has 104 valence electrons. The molecule has 1 aliphatic carbocycles. The second-order valence-electron chi connectivity index (χ2n) is 5.19. The van der Waals surface area contributed by atoms with Crippen LogP contribution in [-0.2, 0) is 0 Å². The molecule has 1 fully saturated rings. The molecule has 0 unspecified atom stereocenters. The zero-order chi connectivity index (χ0) is 13.8. The van der Waals surface area contributed by atoms with Gasteiger partial charge in [0.25, 0.3) is 0 Å². The maximum Gasteiger partial charge on any atom is 0.149 e. The summed E-state index contributed by atoms with van der Waals surface area (Å²) >= 11 is 0. The summed E-state index contributed by atoms with van der Waals surface area (Å²) in [5.41, 5.74) is 7.52. The van der Waals surface area contributed by atoms with Gasteiger partial charge in [0.05, 0.1) is 6.10 Å². The van der Waals surface area contributed by atoms with Crippen molar-refractivity contribution in [1.29, 1.82) is 0 Å². The lowest BCUT2D eigenvalue weighted by Crippen LogP contribution is -2.19. The number of rotatable bonds is 3. The van der Waals surface area contributed by atoms with E-state index in [2.05, 4.69) is 9.97 Å². The number of benzene rings is 1. The summed E-state index contributed by atoms with van der Waals surface area (Å²) in [6.45, 7) is 0. The van der Waals surface area contributed by atoms with Crippen molar-refractivity contribution in [2.24, 2.45) is 0 Å². The van der Waals surface area contributed by atoms with Crippen LogP contribution in [0.2, 0.25) is 0 Å². The van der Waals surface area contributed by atoms with Gasteiger partial charge in [0, 0.05) is 18.0 Å². The Morgan fingerprint density at radius 2 is 1.65 bits per heavy atom. The van der Waals surface area contributed by atoms with Gasteiger partial charge in [-0.15, -0.1) is 0 Å². The minimum absolute atomic E-state index is 0.371. The number of hydrogen-bond acceptors (Lipinski definition) is 4. The lowest BCUT2D eigenvalue weighted by molar-refractivity contribution is 0.155. The predicted octanol–water partition coefficient (Wildman–Crippen LogP) is 3.44. The van der Waals surface area contributed by atoms with E-state index in [1.165, 1.54) is 32.1 Å². The molecule has 0 saturated heterocycles. The van der Waals surface area contributed by atoms with E-state index in [9.17, 15) is 0 Å². The summed E-state index contributed by atoms with van der Waals surface area (Å²) in [7, 11) is 0. The minimum Gasteiger partial charge on any atom is -0.490 e. The molecule has 3 rings (SSSR count). The van der Waals surface area contributed by atoms with Crippen molar-refractivity contribution in [3.8, 4) is 17.0 Å². The average Bonchev–Trinajstić information content (AvgIpc) is 2.50. The van der Waals surface area contributed by atoms with E-state index in [-0.39, 0.29) is 0 Å². The molecule has 1 aromatic heterocycles. The van der Waals surface area contributed by atoms with Crippen molar-refractivity contribution in [1.82, 2.24) is 9.97 Å². The Balaban J connectivity index is 1.73. The molecule has 0 bridgehead atoms. The average molecular weight is 269 g/mol. The first kappa shape index (κ1) is 12.9. The summed E-state index contributed by atoms with van der Waals surface area (Å²) in [5, 5.41) is 0. The fourth-order valence-electron chi connectivity index (χ4n) is 2.64. The number of anilines is 1. The van der Waals surface area contributed by atoms with Gasteiger partial charge in [-0.1, -0.05) is 6.42 Å². The number of nitrogens with two attached hydrogens (primary N) is 1. The van der Waals surface area contributed by atoms with Crippen LogP contribution in [0.1, 0.15) is 32.1 Å². The van der Waals surface area contributed by atoms with Crippen molar-refractivity contribution >= 4 is 5.82 Å². The smallest absolute Gasteiger partial charge is 0.149 e. The molecule has 1 aliphatic rings. The maximum absolute atomic E-state index is 6.01. The summed E-state index contributed by atoms with van der Waals surface area (Å²) in [4.78, 5) is 8.32. The summed E-state index contributed by atoms with van der Waals surface area (Å²) in [6.07, 6.45) is 9.84. The van der Waals surface area contributed by atoms with E-state index in [1.54, 1.807) is 12.4 Å². The van der Waals surface area contributed by atoms with Crippen LogP contribution in [0.15, 0.2) is 36.7 Å². The summed E-state index contributed by atoms with van der Waals surface area (Å²) in [5.74, 6) is 1.37. The fraction of sp³-hybridized carbons (Fsp3) is 0.375. The molecular weight excluding hydrogens is 250 g/mol. The quantitative estimate of drug-likeness (QED) is 0.927. The Hall–Kier alpha value is -2.10. The lowest BCUT2D eigenvalue weighted by atomic mass is 9.98. The van der Waals surface area contributed by atoms with Gasteiger partial charge in [-0.3, -0.25) is 4.98 Å². The van der Waals surface area contributed by atoms with Gasteiger partial charge < -0.3 is 10.5 Å². The van der Waals surface area contributed by atoms with E-state index < -0.39 is 0 Å². The zero-order valence-corrected chi connectivity index (χ0v) is 11.5. The van der Waals surface area contributed by atoms with Crippen molar-refractivity contribution in [2.75, 3.05) is 5.73 Å². The minimum atomic E-state index is 0.371. The molecule has 0 radical (unpaired) electrons. The molecule has 0 atom stereocenters. The van der Waals surface area contributed by atoms with E-state index in [4.69, 9.17) is 10.5 Å². The molecule has 0 amide bonds. The second kappa shape index (κ2) is 5.90. The highest BCUT2D eigenvalue weighted by molar-refractivity contribution is 5.69. The van der Waals surface area contributed by atoms with Gasteiger partial charge in [-0.25, -0.2) is 4.98 Å². The Labute approximate surface area is 119 Å². The molecule has 0 spiro atoms. The van der Waals surface area contributed by atoms with Gasteiger partial charge in [0.15, 0.2) is 0 Å². The molecule has 4 nitrogen and oxygen atoms in total. The third-order valence-electron chi connectivity index (χ3n) is 3.71. The van der Waals surface area contributed by atoms with E-state index in [0.29, 0.717) is 11.9 Å². The van der Waals surface area contributed by atoms with Crippen LogP contribution in [0.5, 0.6) is 5.75 Å². The van der Waals surface area contributed by atoms with Gasteiger partial charge in [-0.2, -0.15) is 0 Å². The third-order valence-corrected chi connectivity index (χ3v) is 3.71. The van der Waals surface area contributed by atoms with Crippen molar-refractivity contribution in [3.63, 3.8) is 0 Å². The molecule has 2 N–H and O–H groups in total. The predicted molar refractivity (Wildman–Crippen MR) is 79.4 cm³/mol. The number of aromatic nitrogens is 2. The van der Waals surface area contributed by atoms with Crippen molar-refractivity contribution in [3.05, 3.63) is 36.7 Å². The van der Waals surface area contributed by atoms with Crippen LogP contribution >= 0.6 is 0 Å². The molecule has 1 aromatic carbocycles. The van der Waals surface area contributed by atoms with Crippen molar-refractivity contribution in [2.45, 2.75) is 38.2 Å². The largest absolute Gasteiger partial charge is 0.490 e. The highest BCUT2D eigenvalue weighted by atomic mass is 16.5. The van der Waals surface area contributed by atoms with Crippen LogP contribution < -0.4 is 10.5 Å². The van der Waals surface area contributed by atoms with E-state index in [0.717, 1.165) is 17.0 Å². The lowest BCUT2D eigenvalue weighted by Gasteiger charge is -2.23. The van der Waals surface area contributed by atoms with Gasteiger partial charge in [0.1, 0.15) is 17.3 Å². The highest BCUT2D eigenvalue weighted by Crippen LogP contribution is 2.26. The normalized spacial score (nSPS) is 16.0. The number of nitrogens with zero attached hydrogens (tertiary/aromatic N) is 2. The van der Waals surface area contributed by atoms with Crippen LogP contribution in [-0.4, -0.2) is 16.1 Å². The Morgan fingerprint density at radius 3 is 2.35 bits per heavy atom. The van der Waals surface area contributed by atoms with Gasteiger partial charge in [0.2, 0.25) is 0 Å². The Bertz CT molecular complexity index is 562. The van der Waals surface area contributed by atoms with Crippen LogP contribution in [0.25, 0.3) is 11.3 Å². The van der Waals surface area contributed by atoms with Gasteiger partial charge in [-0.05, 0) is 49.9 Å². The van der Waals surface area contributed by atoms with Crippen LogP contribution in [0.3, 0.4) is 0 Å². The van der Waals surface area contributed by atoms with Crippen molar-refractivity contribution < 1.29 is 4.74 Å². The first-order valence-corrected chi connectivity index (χ1v) is 7.16. The van der Waals surface area contributed by atoms with E-state index in [1.807, 2.05) is 24.3 Å².